The fourth-order valence-electron chi connectivity index (χ4n) is 1.65. The molecule has 0 spiro atoms. The Bertz CT molecular complexity index is 575. The van der Waals surface area contributed by atoms with Crippen molar-refractivity contribution in [3.63, 3.8) is 0 Å². The largest absolute Gasteiger partial charge is 0.457 e. The summed E-state index contributed by atoms with van der Waals surface area (Å²) in [4.78, 5) is 0. The molecule has 0 bridgehead atoms. The Hall–Kier alpha value is -1.98. The van der Waals surface area contributed by atoms with Crippen molar-refractivity contribution in [1.82, 2.24) is 0 Å². The van der Waals surface area contributed by atoms with Crippen LogP contribution in [0, 0.1) is 11.6 Å². The van der Waals surface area contributed by atoms with Gasteiger partial charge in [-0.2, -0.15) is 0 Å². The van der Waals surface area contributed by atoms with Gasteiger partial charge in [0, 0.05) is 11.6 Å². The first-order chi connectivity index (χ1) is 9.11. The van der Waals surface area contributed by atoms with Gasteiger partial charge in [0.2, 0.25) is 0 Å². The molecule has 0 aromatic heterocycles. The maximum Gasteiger partial charge on any atom is 0.162 e. The van der Waals surface area contributed by atoms with Gasteiger partial charge < -0.3 is 15.6 Å². The summed E-state index contributed by atoms with van der Waals surface area (Å²) in [5.41, 5.74) is 6.33. The van der Waals surface area contributed by atoms with Crippen LogP contribution < -0.4 is 10.5 Å². The topological polar surface area (TPSA) is 55.5 Å². The van der Waals surface area contributed by atoms with Crippen LogP contribution in [0.3, 0.4) is 0 Å². The van der Waals surface area contributed by atoms with Gasteiger partial charge in [0.25, 0.3) is 0 Å². The Morgan fingerprint density at radius 1 is 1.11 bits per heavy atom. The fraction of sp³-hybridized carbons (Fsp3) is 0.143. The van der Waals surface area contributed by atoms with Crippen LogP contribution in [0.25, 0.3) is 0 Å². The molecule has 5 heteroatoms. The molecule has 3 nitrogen and oxygen atoms in total. The molecular formula is C14H13F2NO2. The van der Waals surface area contributed by atoms with E-state index >= 15 is 0 Å². The Morgan fingerprint density at radius 3 is 2.53 bits per heavy atom. The van der Waals surface area contributed by atoms with Crippen molar-refractivity contribution in [3.05, 3.63) is 59.7 Å². The zero-order chi connectivity index (χ0) is 13.8. The summed E-state index contributed by atoms with van der Waals surface area (Å²) in [6.07, 6.45) is 0. The number of hydrogen-bond acceptors (Lipinski definition) is 3. The maximum absolute atomic E-state index is 13.1. The van der Waals surface area contributed by atoms with Crippen molar-refractivity contribution in [2.75, 3.05) is 6.61 Å². The van der Waals surface area contributed by atoms with E-state index in [0.29, 0.717) is 11.3 Å². The van der Waals surface area contributed by atoms with Crippen LogP contribution >= 0.6 is 0 Å². The van der Waals surface area contributed by atoms with Crippen LogP contribution in [0.4, 0.5) is 8.78 Å². The van der Waals surface area contributed by atoms with E-state index < -0.39 is 17.7 Å². The molecule has 0 saturated carbocycles. The molecule has 19 heavy (non-hydrogen) atoms. The summed E-state index contributed by atoms with van der Waals surface area (Å²) in [7, 11) is 0. The summed E-state index contributed by atoms with van der Waals surface area (Å²) in [6, 6.07) is 9.49. The van der Waals surface area contributed by atoms with Gasteiger partial charge in [0.1, 0.15) is 11.5 Å². The van der Waals surface area contributed by atoms with Crippen molar-refractivity contribution in [1.29, 1.82) is 0 Å². The number of nitrogens with two attached hydrogens (primary N) is 1. The lowest BCUT2D eigenvalue weighted by molar-refractivity contribution is 0.265. The van der Waals surface area contributed by atoms with Crippen LogP contribution in [-0.2, 0) is 0 Å². The first-order valence-electron chi connectivity index (χ1n) is 5.70. The third kappa shape index (κ3) is 3.07. The van der Waals surface area contributed by atoms with Crippen molar-refractivity contribution >= 4 is 0 Å². The smallest absolute Gasteiger partial charge is 0.162 e. The van der Waals surface area contributed by atoms with Gasteiger partial charge in [-0.05, 0) is 18.2 Å². The summed E-state index contributed by atoms with van der Waals surface area (Å²) in [5.74, 6) is -1.36. The Labute approximate surface area is 109 Å². The van der Waals surface area contributed by atoms with E-state index in [2.05, 4.69) is 0 Å². The highest BCUT2D eigenvalue weighted by molar-refractivity contribution is 5.39. The number of aliphatic hydroxyl groups excluding tert-OH is 1. The lowest BCUT2D eigenvalue weighted by Crippen LogP contribution is -2.15. The molecule has 0 heterocycles. The number of para-hydroxylation sites is 1. The number of rotatable bonds is 4. The van der Waals surface area contributed by atoms with Gasteiger partial charge in [-0.1, -0.05) is 18.2 Å². The van der Waals surface area contributed by atoms with E-state index in [1.807, 2.05) is 0 Å². The molecule has 0 amide bonds. The summed E-state index contributed by atoms with van der Waals surface area (Å²) in [6.45, 7) is -0.238. The zero-order valence-corrected chi connectivity index (χ0v) is 10.0. The third-order valence-corrected chi connectivity index (χ3v) is 2.63. The summed E-state index contributed by atoms with van der Waals surface area (Å²) >= 11 is 0. The monoisotopic (exact) mass is 265 g/mol. The predicted molar refractivity (Wildman–Crippen MR) is 66.9 cm³/mol. The van der Waals surface area contributed by atoms with Gasteiger partial charge >= 0.3 is 0 Å². The molecule has 0 aliphatic rings. The van der Waals surface area contributed by atoms with E-state index in [-0.39, 0.29) is 12.4 Å². The minimum atomic E-state index is -0.985. The molecule has 0 radical (unpaired) electrons. The predicted octanol–water partition coefficient (Wildman–Crippen LogP) is 2.75. The fourth-order valence-corrected chi connectivity index (χ4v) is 1.65. The van der Waals surface area contributed by atoms with Gasteiger partial charge in [0.15, 0.2) is 11.6 Å². The molecule has 0 saturated heterocycles. The molecule has 0 unspecified atom stereocenters. The molecule has 100 valence electrons. The van der Waals surface area contributed by atoms with Crippen LogP contribution in [0.2, 0.25) is 0 Å². The summed E-state index contributed by atoms with van der Waals surface area (Å²) in [5, 5.41) is 9.07. The first-order valence-corrected chi connectivity index (χ1v) is 5.70. The van der Waals surface area contributed by atoms with Crippen LogP contribution in [0.5, 0.6) is 11.5 Å². The quantitative estimate of drug-likeness (QED) is 0.893. The average molecular weight is 265 g/mol. The van der Waals surface area contributed by atoms with Crippen LogP contribution in [0.15, 0.2) is 42.5 Å². The molecular weight excluding hydrogens is 252 g/mol. The van der Waals surface area contributed by atoms with Crippen LogP contribution in [-0.4, -0.2) is 11.7 Å². The lowest BCUT2D eigenvalue weighted by Gasteiger charge is -2.15. The second-order valence-electron chi connectivity index (χ2n) is 4.00. The number of ether oxygens (including phenoxy) is 1. The molecule has 0 fully saturated rings. The normalized spacial score (nSPS) is 12.2. The molecule has 2 aromatic rings. The number of benzene rings is 2. The summed E-state index contributed by atoms with van der Waals surface area (Å²) < 4.78 is 31.4. The highest BCUT2D eigenvalue weighted by Crippen LogP contribution is 2.29. The highest BCUT2D eigenvalue weighted by Gasteiger charge is 2.12. The first kappa shape index (κ1) is 13.5. The Kier molecular flexibility index (Phi) is 4.09. The standard InChI is InChI=1S/C14H13F2NO2/c15-11-6-5-9(7-12(11)16)19-14-4-2-1-3-10(14)13(17)8-18/h1-7,13,18H,8,17H2/t13-/m0/s1. The van der Waals surface area contributed by atoms with E-state index in [1.54, 1.807) is 24.3 Å². The number of halogens is 2. The average Bonchev–Trinajstić information content (AvgIpc) is 2.43. The number of aliphatic hydroxyl groups is 1. The molecule has 2 aromatic carbocycles. The molecule has 2 rings (SSSR count). The van der Waals surface area contributed by atoms with E-state index in [4.69, 9.17) is 15.6 Å². The lowest BCUT2D eigenvalue weighted by atomic mass is 10.1. The van der Waals surface area contributed by atoms with E-state index in [1.165, 1.54) is 6.07 Å². The minimum absolute atomic E-state index is 0.163. The Morgan fingerprint density at radius 2 is 1.84 bits per heavy atom. The zero-order valence-electron chi connectivity index (χ0n) is 10.0. The second kappa shape index (κ2) is 5.77. The van der Waals surface area contributed by atoms with Crippen molar-refractivity contribution in [2.24, 2.45) is 5.73 Å². The molecule has 3 N–H and O–H groups in total. The van der Waals surface area contributed by atoms with Gasteiger partial charge in [-0.3, -0.25) is 0 Å². The van der Waals surface area contributed by atoms with Crippen molar-refractivity contribution in [2.45, 2.75) is 6.04 Å². The maximum atomic E-state index is 13.1. The number of hydrogen-bond donors (Lipinski definition) is 2. The molecule has 0 aliphatic carbocycles. The van der Waals surface area contributed by atoms with Gasteiger partial charge in [0.05, 0.1) is 12.6 Å². The van der Waals surface area contributed by atoms with Crippen LogP contribution in [0.1, 0.15) is 11.6 Å². The van der Waals surface area contributed by atoms with Crippen molar-refractivity contribution in [3.8, 4) is 11.5 Å². The molecule has 1 atom stereocenters. The Balaban J connectivity index is 2.30. The van der Waals surface area contributed by atoms with E-state index in [0.717, 1.165) is 12.1 Å². The second-order valence-corrected chi connectivity index (χ2v) is 4.00. The SMILES string of the molecule is N[C@@H](CO)c1ccccc1Oc1ccc(F)c(F)c1. The highest BCUT2D eigenvalue weighted by atomic mass is 19.2. The van der Waals surface area contributed by atoms with Crippen molar-refractivity contribution < 1.29 is 18.6 Å². The minimum Gasteiger partial charge on any atom is -0.457 e. The van der Waals surface area contributed by atoms with Gasteiger partial charge in [-0.15, -0.1) is 0 Å². The van der Waals surface area contributed by atoms with Gasteiger partial charge in [-0.25, -0.2) is 8.78 Å². The third-order valence-electron chi connectivity index (χ3n) is 2.63. The molecule has 0 aliphatic heterocycles. The van der Waals surface area contributed by atoms with E-state index in [9.17, 15) is 8.78 Å².